The van der Waals surface area contributed by atoms with Gasteiger partial charge in [0.15, 0.2) is 11.6 Å². The summed E-state index contributed by atoms with van der Waals surface area (Å²) in [6.45, 7) is 0. The molecule has 26 heavy (non-hydrogen) atoms. The van der Waals surface area contributed by atoms with Crippen molar-refractivity contribution >= 4 is 23.2 Å². The summed E-state index contributed by atoms with van der Waals surface area (Å²) in [4.78, 5) is 20.3. The van der Waals surface area contributed by atoms with Crippen LogP contribution in [0.1, 0.15) is 16.1 Å². The highest BCUT2D eigenvalue weighted by molar-refractivity contribution is 6.03. The van der Waals surface area contributed by atoms with E-state index in [1.54, 1.807) is 18.2 Å². The van der Waals surface area contributed by atoms with Crippen molar-refractivity contribution in [1.82, 2.24) is 9.97 Å². The zero-order valence-electron chi connectivity index (χ0n) is 13.2. The van der Waals surface area contributed by atoms with Crippen LogP contribution in [0, 0.1) is 23.0 Å². The number of anilines is 3. The largest absolute Gasteiger partial charge is 0.324 e. The van der Waals surface area contributed by atoms with E-state index in [2.05, 4.69) is 20.6 Å². The van der Waals surface area contributed by atoms with Gasteiger partial charge in [-0.2, -0.15) is 5.26 Å². The number of nitrogens with zero attached hydrogens (tertiary/aromatic N) is 3. The number of rotatable bonds is 4. The van der Waals surface area contributed by atoms with Gasteiger partial charge < -0.3 is 10.6 Å². The minimum Gasteiger partial charge on any atom is -0.324 e. The van der Waals surface area contributed by atoms with Crippen LogP contribution in [0.5, 0.6) is 0 Å². The predicted octanol–water partition coefficient (Wildman–Crippen LogP) is 3.62. The highest BCUT2D eigenvalue weighted by Gasteiger charge is 2.10. The number of carbonyl (C=O) groups excluding carboxylic acids is 1. The lowest BCUT2D eigenvalue weighted by Gasteiger charge is -2.08. The summed E-state index contributed by atoms with van der Waals surface area (Å²) in [5, 5.41) is 14.2. The van der Waals surface area contributed by atoms with Gasteiger partial charge in [0.2, 0.25) is 5.95 Å². The molecule has 0 aliphatic rings. The maximum Gasteiger partial charge on any atom is 0.274 e. The molecule has 6 nitrogen and oxygen atoms in total. The standard InChI is InChI=1S/C18H11F2N5O/c19-14-5-4-13(9-15(14)20)24-18-22-7-6-16(25-18)17(26)23-12-3-1-2-11(8-12)10-21/h1-9H,(H,23,26)(H,22,24,25). The molecule has 0 aliphatic carbocycles. The first-order chi connectivity index (χ1) is 12.5. The molecule has 3 rings (SSSR count). The molecule has 0 saturated heterocycles. The Kier molecular flexibility index (Phi) is 4.80. The van der Waals surface area contributed by atoms with E-state index in [0.717, 1.165) is 12.1 Å². The van der Waals surface area contributed by atoms with E-state index in [-0.39, 0.29) is 17.3 Å². The van der Waals surface area contributed by atoms with Gasteiger partial charge in [0.05, 0.1) is 11.6 Å². The van der Waals surface area contributed by atoms with E-state index in [1.807, 2.05) is 6.07 Å². The van der Waals surface area contributed by atoms with Crippen molar-refractivity contribution in [3.05, 3.63) is 77.6 Å². The quantitative estimate of drug-likeness (QED) is 0.749. The average Bonchev–Trinajstić information content (AvgIpc) is 2.65. The molecule has 8 heteroatoms. The Morgan fingerprint density at radius 1 is 1.04 bits per heavy atom. The fourth-order valence-electron chi connectivity index (χ4n) is 2.11. The average molecular weight is 351 g/mol. The van der Waals surface area contributed by atoms with Crippen molar-refractivity contribution < 1.29 is 13.6 Å². The van der Waals surface area contributed by atoms with Gasteiger partial charge >= 0.3 is 0 Å². The maximum atomic E-state index is 13.3. The van der Waals surface area contributed by atoms with Gasteiger partial charge in [-0.05, 0) is 36.4 Å². The Morgan fingerprint density at radius 2 is 1.88 bits per heavy atom. The summed E-state index contributed by atoms with van der Waals surface area (Å²) in [5.74, 6) is -2.43. The van der Waals surface area contributed by atoms with Crippen molar-refractivity contribution in [2.45, 2.75) is 0 Å². The third kappa shape index (κ3) is 3.96. The monoisotopic (exact) mass is 351 g/mol. The highest BCUT2D eigenvalue weighted by Crippen LogP contribution is 2.17. The normalized spacial score (nSPS) is 10.0. The fourth-order valence-corrected chi connectivity index (χ4v) is 2.11. The number of nitriles is 1. The van der Waals surface area contributed by atoms with Crippen LogP contribution in [0.25, 0.3) is 0 Å². The topological polar surface area (TPSA) is 90.7 Å². The van der Waals surface area contributed by atoms with Crippen LogP contribution in [0.15, 0.2) is 54.7 Å². The Labute approximate surface area is 147 Å². The summed E-state index contributed by atoms with van der Waals surface area (Å²) in [6, 6.07) is 13.1. The molecule has 3 aromatic rings. The van der Waals surface area contributed by atoms with Gasteiger partial charge in [0.25, 0.3) is 5.91 Å². The van der Waals surface area contributed by atoms with Gasteiger partial charge in [-0.15, -0.1) is 0 Å². The lowest BCUT2D eigenvalue weighted by Crippen LogP contribution is -2.14. The zero-order chi connectivity index (χ0) is 18.5. The van der Waals surface area contributed by atoms with E-state index in [9.17, 15) is 13.6 Å². The van der Waals surface area contributed by atoms with E-state index >= 15 is 0 Å². The first-order valence-electron chi connectivity index (χ1n) is 7.42. The van der Waals surface area contributed by atoms with Crippen molar-refractivity contribution in [3.63, 3.8) is 0 Å². The Hall–Kier alpha value is -3.86. The number of halogens is 2. The summed E-state index contributed by atoms with van der Waals surface area (Å²) in [5.41, 5.74) is 1.16. The molecular formula is C18H11F2N5O. The molecule has 1 amide bonds. The van der Waals surface area contributed by atoms with Gasteiger partial charge in [-0.3, -0.25) is 4.79 Å². The lowest BCUT2D eigenvalue weighted by molar-refractivity contribution is 0.102. The van der Waals surface area contributed by atoms with E-state index in [1.165, 1.54) is 24.4 Å². The van der Waals surface area contributed by atoms with Crippen molar-refractivity contribution in [2.24, 2.45) is 0 Å². The van der Waals surface area contributed by atoms with Crippen LogP contribution in [0.3, 0.4) is 0 Å². The Bertz CT molecular complexity index is 1020. The van der Waals surface area contributed by atoms with Gasteiger partial charge in [-0.1, -0.05) is 6.07 Å². The predicted molar refractivity (Wildman–Crippen MR) is 90.8 cm³/mol. The van der Waals surface area contributed by atoms with E-state index < -0.39 is 17.5 Å². The van der Waals surface area contributed by atoms with Crippen LogP contribution in [-0.2, 0) is 0 Å². The van der Waals surface area contributed by atoms with Crippen molar-refractivity contribution in [2.75, 3.05) is 10.6 Å². The van der Waals surface area contributed by atoms with Crippen LogP contribution >= 0.6 is 0 Å². The molecule has 0 saturated carbocycles. The number of aromatic nitrogens is 2. The second-order valence-corrected chi connectivity index (χ2v) is 5.17. The molecule has 1 aromatic heterocycles. The van der Waals surface area contributed by atoms with Crippen molar-refractivity contribution in [1.29, 1.82) is 5.26 Å². The number of nitrogens with one attached hydrogen (secondary N) is 2. The number of hydrogen-bond acceptors (Lipinski definition) is 5. The van der Waals surface area contributed by atoms with Crippen molar-refractivity contribution in [3.8, 4) is 6.07 Å². The zero-order valence-corrected chi connectivity index (χ0v) is 13.2. The minimum atomic E-state index is -1.01. The first kappa shape index (κ1) is 17.0. The third-order valence-electron chi connectivity index (χ3n) is 3.31. The summed E-state index contributed by atoms with van der Waals surface area (Å²) in [7, 11) is 0. The maximum absolute atomic E-state index is 13.3. The number of carbonyl (C=O) groups is 1. The molecule has 0 fully saturated rings. The molecule has 0 atom stereocenters. The molecule has 128 valence electrons. The van der Waals surface area contributed by atoms with E-state index in [0.29, 0.717) is 11.3 Å². The Morgan fingerprint density at radius 3 is 2.65 bits per heavy atom. The van der Waals surface area contributed by atoms with Crippen LogP contribution in [-0.4, -0.2) is 15.9 Å². The minimum absolute atomic E-state index is 0.0504. The van der Waals surface area contributed by atoms with Crippen LogP contribution in [0.4, 0.5) is 26.1 Å². The highest BCUT2D eigenvalue weighted by atomic mass is 19.2. The Balaban J connectivity index is 1.76. The molecule has 2 aromatic carbocycles. The SMILES string of the molecule is N#Cc1cccc(NC(=O)c2ccnc(Nc3ccc(F)c(F)c3)n2)c1. The molecule has 0 aliphatic heterocycles. The molecular weight excluding hydrogens is 340 g/mol. The summed E-state index contributed by atoms with van der Waals surface area (Å²) in [6.07, 6.45) is 1.36. The molecule has 0 spiro atoms. The molecule has 0 unspecified atom stereocenters. The van der Waals surface area contributed by atoms with Gasteiger partial charge in [0, 0.05) is 23.6 Å². The summed E-state index contributed by atoms with van der Waals surface area (Å²) < 4.78 is 26.2. The second kappa shape index (κ2) is 7.36. The smallest absolute Gasteiger partial charge is 0.274 e. The summed E-state index contributed by atoms with van der Waals surface area (Å²) >= 11 is 0. The lowest BCUT2D eigenvalue weighted by atomic mass is 10.2. The fraction of sp³-hybridized carbons (Fsp3) is 0. The van der Waals surface area contributed by atoms with Gasteiger partial charge in [0.1, 0.15) is 5.69 Å². The first-order valence-corrected chi connectivity index (χ1v) is 7.42. The number of hydrogen-bond donors (Lipinski definition) is 2. The number of benzene rings is 2. The second-order valence-electron chi connectivity index (χ2n) is 5.17. The van der Waals surface area contributed by atoms with E-state index in [4.69, 9.17) is 5.26 Å². The van der Waals surface area contributed by atoms with Gasteiger partial charge in [-0.25, -0.2) is 18.7 Å². The van der Waals surface area contributed by atoms with Crippen LogP contribution < -0.4 is 10.6 Å². The molecule has 0 bridgehead atoms. The molecule has 1 heterocycles. The molecule has 2 N–H and O–H groups in total. The molecule has 0 radical (unpaired) electrons. The number of amides is 1. The third-order valence-corrected chi connectivity index (χ3v) is 3.31. The van der Waals surface area contributed by atoms with Crippen LogP contribution in [0.2, 0.25) is 0 Å².